The van der Waals surface area contributed by atoms with Crippen LogP contribution >= 0.6 is 34.5 Å². The number of rotatable bonds is 1. The number of thiophene rings is 1. The molecular formula is C9H6Cl2N2S. The van der Waals surface area contributed by atoms with Crippen molar-refractivity contribution < 1.29 is 0 Å². The number of halogens is 2. The van der Waals surface area contributed by atoms with E-state index in [-0.39, 0.29) is 0 Å². The average Bonchev–Trinajstić information content (AvgIpc) is 2.57. The van der Waals surface area contributed by atoms with E-state index in [4.69, 9.17) is 23.2 Å². The third-order valence-corrected chi connectivity index (χ3v) is 3.31. The summed E-state index contributed by atoms with van der Waals surface area (Å²) in [6.45, 7) is 1.87. The summed E-state index contributed by atoms with van der Waals surface area (Å²) in [6.07, 6.45) is 1.71. The van der Waals surface area contributed by atoms with Crippen molar-refractivity contribution in [1.29, 1.82) is 0 Å². The molecule has 5 heteroatoms. The Morgan fingerprint density at radius 2 is 2.07 bits per heavy atom. The molecule has 0 atom stereocenters. The topological polar surface area (TPSA) is 25.8 Å². The zero-order valence-corrected chi connectivity index (χ0v) is 9.62. The zero-order chi connectivity index (χ0) is 10.1. The monoisotopic (exact) mass is 244 g/mol. The van der Waals surface area contributed by atoms with Crippen LogP contribution in [0, 0.1) is 6.92 Å². The minimum absolute atomic E-state index is 0.486. The van der Waals surface area contributed by atoms with E-state index in [1.165, 1.54) is 11.3 Å². The molecule has 0 unspecified atom stereocenters. The third kappa shape index (κ3) is 1.90. The van der Waals surface area contributed by atoms with E-state index in [9.17, 15) is 0 Å². The van der Waals surface area contributed by atoms with Crippen molar-refractivity contribution in [3.63, 3.8) is 0 Å². The number of aromatic nitrogens is 2. The molecule has 0 aliphatic carbocycles. The molecule has 2 rings (SSSR count). The molecule has 0 saturated carbocycles. The lowest BCUT2D eigenvalue weighted by molar-refractivity contribution is 1.15. The third-order valence-electron chi connectivity index (χ3n) is 1.70. The molecule has 0 aliphatic rings. The van der Waals surface area contributed by atoms with Gasteiger partial charge in [0.15, 0.2) is 5.82 Å². The lowest BCUT2D eigenvalue weighted by Gasteiger charge is -1.98. The SMILES string of the molecule is Cc1cnc(-c2ccc(Cl)s2)nc1Cl. The fourth-order valence-corrected chi connectivity index (χ4v) is 2.09. The Kier molecular flexibility index (Phi) is 2.72. The standard InChI is InChI=1S/C9H6Cl2N2S/c1-5-4-12-9(13-8(5)11)6-2-3-7(10)14-6/h2-4H,1H3. The van der Waals surface area contributed by atoms with Crippen molar-refractivity contribution in [3.05, 3.63) is 33.4 Å². The highest BCUT2D eigenvalue weighted by Gasteiger charge is 2.06. The van der Waals surface area contributed by atoms with Gasteiger partial charge in [0.1, 0.15) is 5.15 Å². The molecular weight excluding hydrogens is 239 g/mol. The summed E-state index contributed by atoms with van der Waals surface area (Å²) >= 11 is 13.1. The Hall–Kier alpha value is -0.640. The molecule has 2 aromatic heterocycles. The van der Waals surface area contributed by atoms with Gasteiger partial charge in [-0.05, 0) is 19.1 Å². The second kappa shape index (κ2) is 3.85. The van der Waals surface area contributed by atoms with Crippen LogP contribution in [0.1, 0.15) is 5.56 Å². The van der Waals surface area contributed by atoms with Gasteiger partial charge in [-0.15, -0.1) is 11.3 Å². The van der Waals surface area contributed by atoms with E-state index >= 15 is 0 Å². The van der Waals surface area contributed by atoms with Gasteiger partial charge in [-0.2, -0.15) is 0 Å². The van der Waals surface area contributed by atoms with Crippen LogP contribution in [0.5, 0.6) is 0 Å². The van der Waals surface area contributed by atoms with E-state index in [0.29, 0.717) is 11.0 Å². The van der Waals surface area contributed by atoms with E-state index in [1.54, 1.807) is 6.20 Å². The highest BCUT2D eigenvalue weighted by Crippen LogP contribution is 2.29. The smallest absolute Gasteiger partial charge is 0.170 e. The molecule has 14 heavy (non-hydrogen) atoms. The molecule has 2 aromatic rings. The molecule has 2 nitrogen and oxygen atoms in total. The molecule has 0 fully saturated rings. The molecule has 0 aromatic carbocycles. The normalized spacial score (nSPS) is 10.5. The van der Waals surface area contributed by atoms with Gasteiger partial charge in [-0.25, -0.2) is 9.97 Å². The van der Waals surface area contributed by atoms with Crippen LogP contribution < -0.4 is 0 Å². The van der Waals surface area contributed by atoms with E-state index in [2.05, 4.69) is 9.97 Å². The summed E-state index contributed by atoms with van der Waals surface area (Å²) in [4.78, 5) is 9.27. The Morgan fingerprint density at radius 1 is 1.29 bits per heavy atom. The van der Waals surface area contributed by atoms with Crippen LogP contribution in [0.15, 0.2) is 18.3 Å². The quantitative estimate of drug-likeness (QED) is 0.713. The van der Waals surface area contributed by atoms with E-state index in [0.717, 1.165) is 14.8 Å². The molecule has 2 heterocycles. The average molecular weight is 245 g/mol. The first-order valence-corrected chi connectivity index (χ1v) is 5.49. The van der Waals surface area contributed by atoms with Gasteiger partial charge >= 0.3 is 0 Å². The molecule has 0 aliphatic heterocycles. The maximum atomic E-state index is 5.89. The summed E-state index contributed by atoms with van der Waals surface area (Å²) in [5, 5.41) is 0.486. The summed E-state index contributed by atoms with van der Waals surface area (Å²) in [5.74, 6) is 0.623. The molecule has 0 bridgehead atoms. The summed E-state index contributed by atoms with van der Waals surface area (Å²) < 4.78 is 0.722. The first-order valence-electron chi connectivity index (χ1n) is 3.91. The minimum atomic E-state index is 0.486. The maximum Gasteiger partial charge on any atom is 0.170 e. The predicted octanol–water partition coefficient (Wildman–Crippen LogP) is 3.82. The number of hydrogen-bond acceptors (Lipinski definition) is 3. The first kappa shape index (κ1) is 9.90. The Morgan fingerprint density at radius 3 is 2.64 bits per heavy atom. The molecule has 0 saturated heterocycles. The number of aryl methyl sites for hydroxylation is 1. The molecule has 0 N–H and O–H groups in total. The number of hydrogen-bond donors (Lipinski definition) is 0. The highest BCUT2D eigenvalue weighted by atomic mass is 35.5. The lowest BCUT2D eigenvalue weighted by Crippen LogP contribution is -1.89. The fraction of sp³-hybridized carbons (Fsp3) is 0.111. The van der Waals surface area contributed by atoms with Gasteiger partial charge in [0.05, 0.1) is 9.21 Å². The molecule has 0 amide bonds. The van der Waals surface area contributed by atoms with E-state index < -0.39 is 0 Å². The summed E-state index contributed by atoms with van der Waals surface area (Å²) in [7, 11) is 0. The maximum absolute atomic E-state index is 5.89. The van der Waals surface area contributed by atoms with Gasteiger partial charge in [0.2, 0.25) is 0 Å². The van der Waals surface area contributed by atoms with Crippen LogP contribution in [-0.4, -0.2) is 9.97 Å². The molecule has 72 valence electrons. The summed E-state index contributed by atoms with van der Waals surface area (Å²) in [6, 6.07) is 3.70. The van der Waals surface area contributed by atoms with Gasteiger partial charge in [-0.1, -0.05) is 23.2 Å². The van der Waals surface area contributed by atoms with Gasteiger partial charge in [0.25, 0.3) is 0 Å². The van der Waals surface area contributed by atoms with Crippen LogP contribution in [0.3, 0.4) is 0 Å². The van der Waals surface area contributed by atoms with Gasteiger partial charge in [-0.3, -0.25) is 0 Å². The Bertz CT molecular complexity index is 468. The second-order valence-corrected chi connectivity index (χ2v) is 4.84. The molecule has 0 radical (unpaired) electrons. The Balaban J connectivity index is 2.47. The van der Waals surface area contributed by atoms with Crippen molar-refractivity contribution in [2.75, 3.05) is 0 Å². The van der Waals surface area contributed by atoms with Crippen molar-refractivity contribution >= 4 is 34.5 Å². The van der Waals surface area contributed by atoms with Crippen LogP contribution in [-0.2, 0) is 0 Å². The predicted molar refractivity (Wildman–Crippen MR) is 60.1 cm³/mol. The Labute approximate surface area is 95.5 Å². The lowest BCUT2D eigenvalue weighted by atomic mass is 10.4. The van der Waals surface area contributed by atoms with Crippen molar-refractivity contribution in [1.82, 2.24) is 9.97 Å². The van der Waals surface area contributed by atoms with E-state index in [1.807, 2.05) is 19.1 Å². The first-order chi connectivity index (χ1) is 6.66. The highest BCUT2D eigenvalue weighted by molar-refractivity contribution is 7.19. The largest absolute Gasteiger partial charge is 0.235 e. The zero-order valence-electron chi connectivity index (χ0n) is 7.29. The summed E-state index contributed by atoms with van der Waals surface area (Å²) in [5.41, 5.74) is 0.873. The van der Waals surface area contributed by atoms with Crippen LogP contribution in [0.2, 0.25) is 9.49 Å². The van der Waals surface area contributed by atoms with Crippen molar-refractivity contribution in [2.45, 2.75) is 6.92 Å². The second-order valence-electron chi connectivity index (χ2n) is 2.77. The van der Waals surface area contributed by atoms with Gasteiger partial charge in [0, 0.05) is 11.8 Å². The van der Waals surface area contributed by atoms with Gasteiger partial charge < -0.3 is 0 Å². The molecule has 0 spiro atoms. The van der Waals surface area contributed by atoms with Crippen LogP contribution in [0.4, 0.5) is 0 Å². The van der Waals surface area contributed by atoms with Crippen molar-refractivity contribution in [2.24, 2.45) is 0 Å². The fourth-order valence-electron chi connectivity index (χ4n) is 0.974. The van der Waals surface area contributed by atoms with Crippen LogP contribution in [0.25, 0.3) is 10.7 Å². The minimum Gasteiger partial charge on any atom is -0.235 e. The number of nitrogens with zero attached hydrogens (tertiary/aromatic N) is 2. The van der Waals surface area contributed by atoms with Crippen molar-refractivity contribution in [3.8, 4) is 10.7 Å².